The van der Waals surface area contributed by atoms with E-state index in [-0.39, 0.29) is 11.8 Å². The smallest absolute Gasteiger partial charge is 0.252 e. The molecule has 1 heterocycles. The van der Waals surface area contributed by atoms with Gasteiger partial charge in [-0.1, -0.05) is 19.9 Å². The van der Waals surface area contributed by atoms with E-state index in [4.69, 9.17) is 9.47 Å². The van der Waals surface area contributed by atoms with Crippen LogP contribution in [0.5, 0.6) is 11.5 Å². The van der Waals surface area contributed by atoms with E-state index < -0.39 is 11.9 Å². The van der Waals surface area contributed by atoms with Gasteiger partial charge in [0.05, 0.1) is 19.9 Å². The van der Waals surface area contributed by atoms with Crippen LogP contribution in [-0.4, -0.2) is 52.3 Å². The van der Waals surface area contributed by atoms with Crippen LogP contribution in [0.2, 0.25) is 0 Å². The molecule has 2 N–H and O–H groups in total. The maximum Gasteiger partial charge on any atom is 0.252 e. The lowest BCUT2D eigenvalue weighted by atomic mass is 10.0. The van der Waals surface area contributed by atoms with Crippen LogP contribution in [0.4, 0.5) is 5.69 Å². The molecule has 3 rings (SSSR count). The summed E-state index contributed by atoms with van der Waals surface area (Å²) in [5.74, 6) is 0.0648. The summed E-state index contributed by atoms with van der Waals surface area (Å²) in [5.41, 5.74) is 2.49. The molecule has 0 saturated carbocycles. The summed E-state index contributed by atoms with van der Waals surface area (Å²) in [6, 6.07) is 9.56. The lowest BCUT2D eigenvalue weighted by Crippen LogP contribution is -2.47. The van der Waals surface area contributed by atoms with Crippen molar-refractivity contribution in [3.05, 3.63) is 53.9 Å². The van der Waals surface area contributed by atoms with Crippen LogP contribution >= 0.6 is 0 Å². The third-order valence-corrected chi connectivity index (χ3v) is 4.94. The minimum atomic E-state index is -0.768. The Balaban J connectivity index is 1.80. The van der Waals surface area contributed by atoms with Crippen molar-refractivity contribution < 1.29 is 19.1 Å². The molecule has 10 heteroatoms. The Bertz CT molecular complexity index is 1080. The summed E-state index contributed by atoms with van der Waals surface area (Å²) in [6.07, 6.45) is 1.47. The summed E-state index contributed by atoms with van der Waals surface area (Å²) < 4.78 is 11.9. The van der Waals surface area contributed by atoms with Crippen LogP contribution in [0.25, 0.3) is 5.69 Å². The summed E-state index contributed by atoms with van der Waals surface area (Å²) >= 11 is 0. The lowest BCUT2D eigenvalue weighted by molar-refractivity contribution is -0.118. The number of rotatable bonds is 8. The SMILES string of the molecule is COc1cc(OC)cc(C(=O)N[C@H](C(=O)Nc2cc(-n3cnnn3)ccc2C)C(C)C)c1. The molecule has 0 spiro atoms. The van der Waals surface area contributed by atoms with Crippen molar-refractivity contribution in [2.75, 3.05) is 19.5 Å². The minimum Gasteiger partial charge on any atom is -0.497 e. The fourth-order valence-corrected chi connectivity index (χ4v) is 3.08. The van der Waals surface area contributed by atoms with Gasteiger partial charge in [-0.3, -0.25) is 9.59 Å². The van der Waals surface area contributed by atoms with Gasteiger partial charge in [0.1, 0.15) is 23.9 Å². The third-order valence-electron chi connectivity index (χ3n) is 4.94. The highest BCUT2D eigenvalue weighted by Crippen LogP contribution is 2.23. The zero-order valence-corrected chi connectivity index (χ0v) is 18.6. The average Bonchev–Trinajstić information content (AvgIpc) is 3.33. The summed E-state index contributed by atoms with van der Waals surface area (Å²) in [4.78, 5) is 26.0. The van der Waals surface area contributed by atoms with Gasteiger partial charge in [-0.15, -0.1) is 5.10 Å². The number of aryl methyl sites for hydroxylation is 1. The Kier molecular flexibility index (Phi) is 7.04. The first-order chi connectivity index (χ1) is 15.3. The number of amides is 2. The molecule has 1 atom stereocenters. The molecule has 0 aliphatic heterocycles. The molecule has 0 unspecified atom stereocenters. The van der Waals surface area contributed by atoms with E-state index in [1.165, 1.54) is 25.2 Å². The second-order valence-corrected chi connectivity index (χ2v) is 7.54. The Morgan fingerprint density at radius 1 is 1.03 bits per heavy atom. The number of ether oxygens (including phenoxy) is 2. The Hall–Kier alpha value is -3.95. The first-order valence-electron chi connectivity index (χ1n) is 10.0. The van der Waals surface area contributed by atoms with Gasteiger partial charge in [0.15, 0.2) is 0 Å². The largest absolute Gasteiger partial charge is 0.497 e. The number of carbonyl (C=O) groups is 2. The van der Waals surface area contributed by atoms with Crippen LogP contribution in [0.1, 0.15) is 29.8 Å². The maximum atomic E-state index is 13.1. The van der Waals surface area contributed by atoms with E-state index in [2.05, 4.69) is 26.2 Å². The molecular formula is C22H26N6O4. The van der Waals surface area contributed by atoms with Gasteiger partial charge in [0.25, 0.3) is 5.91 Å². The predicted molar refractivity (Wildman–Crippen MR) is 118 cm³/mol. The van der Waals surface area contributed by atoms with Gasteiger partial charge in [-0.05, 0) is 53.1 Å². The second kappa shape index (κ2) is 9.90. The zero-order valence-electron chi connectivity index (χ0n) is 18.6. The number of nitrogens with zero attached hydrogens (tertiary/aromatic N) is 4. The summed E-state index contributed by atoms with van der Waals surface area (Å²) in [7, 11) is 3.01. The van der Waals surface area contributed by atoms with E-state index in [0.717, 1.165) is 5.56 Å². The molecule has 0 aliphatic rings. The van der Waals surface area contributed by atoms with Crippen molar-refractivity contribution in [3.63, 3.8) is 0 Å². The topological polar surface area (TPSA) is 120 Å². The van der Waals surface area contributed by atoms with Crippen molar-refractivity contribution in [1.82, 2.24) is 25.5 Å². The van der Waals surface area contributed by atoms with Gasteiger partial charge in [-0.2, -0.15) is 0 Å². The summed E-state index contributed by atoms with van der Waals surface area (Å²) in [6.45, 7) is 5.60. The second-order valence-electron chi connectivity index (χ2n) is 7.54. The number of aromatic nitrogens is 4. The average molecular weight is 438 g/mol. The highest BCUT2D eigenvalue weighted by molar-refractivity contribution is 6.02. The van der Waals surface area contributed by atoms with Gasteiger partial charge in [0, 0.05) is 17.3 Å². The molecule has 3 aromatic rings. The molecule has 10 nitrogen and oxygen atoms in total. The Labute approximate surface area is 185 Å². The van der Waals surface area contributed by atoms with E-state index >= 15 is 0 Å². The third kappa shape index (κ3) is 5.20. The van der Waals surface area contributed by atoms with Crippen LogP contribution in [0.3, 0.4) is 0 Å². The molecule has 0 radical (unpaired) electrons. The van der Waals surface area contributed by atoms with Crippen molar-refractivity contribution in [2.45, 2.75) is 26.8 Å². The fraction of sp³-hybridized carbons (Fsp3) is 0.318. The van der Waals surface area contributed by atoms with E-state index in [0.29, 0.717) is 28.4 Å². The van der Waals surface area contributed by atoms with Gasteiger partial charge >= 0.3 is 0 Å². The number of carbonyl (C=O) groups excluding carboxylic acids is 2. The minimum absolute atomic E-state index is 0.158. The molecule has 1 aromatic heterocycles. The van der Waals surface area contributed by atoms with Crippen LogP contribution < -0.4 is 20.1 Å². The highest BCUT2D eigenvalue weighted by Gasteiger charge is 2.26. The molecule has 0 saturated heterocycles. The van der Waals surface area contributed by atoms with Crippen LogP contribution in [0, 0.1) is 12.8 Å². The molecule has 0 aliphatic carbocycles. The molecule has 32 heavy (non-hydrogen) atoms. The molecule has 0 bridgehead atoms. The van der Waals surface area contributed by atoms with Crippen LogP contribution in [0.15, 0.2) is 42.7 Å². The molecule has 2 amide bonds. The first-order valence-corrected chi connectivity index (χ1v) is 10.0. The van der Waals surface area contributed by atoms with E-state index in [1.54, 1.807) is 24.3 Å². The number of nitrogens with one attached hydrogen (secondary N) is 2. The number of benzene rings is 2. The maximum absolute atomic E-state index is 13.1. The van der Waals surface area contributed by atoms with Crippen molar-refractivity contribution in [2.24, 2.45) is 5.92 Å². The predicted octanol–water partition coefficient (Wildman–Crippen LogP) is 2.38. The summed E-state index contributed by atoms with van der Waals surface area (Å²) in [5, 5.41) is 16.9. The molecular weight excluding hydrogens is 412 g/mol. The Morgan fingerprint density at radius 2 is 1.72 bits per heavy atom. The van der Waals surface area contributed by atoms with E-state index in [1.807, 2.05) is 32.9 Å². The molecule has 168 valence electrons. The zero-order chi connectivity index (χ0) is 23.3. The number of tetrazole rings is 1. The van der Waals surface area contributed by atoms with Gasteiger partial charge in [0.2, 0.25) is 5.91 Å². The normalized spacial score (nSPS) is 11.7. The molecule has 0 fully saturated rings. The standard InChI is InChI=1S/C22H26N6O4/c1-13(2)20(25-21(29)15-8-17(31-4)11-18(9-15)32-5)22(30)24-19-10-16(7-6-14(19)3)28-12-23-26-27-28/h6-13,20H,1-5H3,(H,24,30)(H,25,29)/t20-/m0/s1. The molecule has 2 aromatic carbocycles. The first kappa shape index (κ1) is 22.7. The number of hydrogen-bond acceptors (Lipinski definition) is 7. The number of methoxy groups -OCH3 is 2. The van der Waals surface area contributed by atoms with Crippen molar-refractivity contribution in [3.8, 4) is 17.2 Å². The number of anilines is 1. The lowest BCUT2D eigenvalue weighted by Gasteiger charge is -2.22. The quantitative estimate of drug-likeness (QED) is 0.554. The van der Waals surface area contributed by atoms with E-state index in [9.17, 15) is 9.59 Å². The highest BCUT2D eigenvalue weighted by atomic mass is 16.5. The number of hydrogen-bond donors (Lipinski definition) is 2. The van der Waals surface area contributed by atoms with Crippen molar-refractivity contribution >= 4 is 17.5 Å². The fourth-order valence-electron chi connectivity index (χ4n) is 3.08. The van der Waals surface area contributed by atoms with Crippen molar-refractivity contribution in [1.29, 1.82) is 0 Å². The van der Waals surface area contributed by atoms with Gasteiger partial charge < -0.3 is 20.1 Å². The Morgan fingerprint density at radius 3 is 2.28 bits per heavy atom. The monoisotopic (exact) mass is 438 g/mol. The van der Waals surface area contributed by atoms with Gasteiger partial charge in [-0.25, -0.2) is 4.68 Å². The van der Waals surface area contributed by atoms with Crippen LogP contribution in [-0.2, 0) is 4.79 Å².